The number of hydrogen-bond donors (Lipinski definition) is 1. The molecule has 0 saturated heterocycles. The molecule has 0 aliphatic rings. The normalized spacial score (nSPS) is 13.0. The van der Waals surface area contributed by atoms with Crippen LogP contribution in [-0.4, -0.2) is 50.0 Å². The van der Waals surface area contributed by atoms with Gasteiger partial charge in [0.05, 0.1) is 11.9 Å². The SMILES string of the molecule is CC[C@@H](C)NC(=O)[C@H](Cc1ccccc1)N(Cc1ccc(F)cc1)C(=O)CN(c1ccccc1C(C)C)S(C)(=O)=O. The number of benzene rings is 3. The van der Waals surface area contributed by atoms with Crippen molar-refractivity contribution >= 4 is 27.5 Å². The molecule has 1 N–H and O–H groups in total. The predicted octanol–water partition coefficient (Wildman–Crippen LogP) is 5.27. The summed E-state index contributed by atoms with van der Waals surface area (Å²) in [5.41, 5.74) is 2.66. The molecule has 41 heavy (non-hydrogen) atoms. The average Bonchev–Trinajstić information content (AvgIpc) is 2.94. The van der Waals surface area contributed by atoms with Gasteiger partial charge in [-0.05, 0) is 54.2 Å². The Labute approximate surface area is 243 Å². The quantitative estimate of drug-likeness (QED) is 0.298. The molecule has 0 radical (unpaired) electrons. The van der Waals surface area contributed by atoms with Gasteiger partial charge in [0.15, 0.2) is 0 Å². The van der Waals surface area contributed by atoms with E-state index in [0.29, 0.717) is 17.7 Å². The predicted molar refractivity (Wildman–Crippen MR) is 162 cm³/mol. The van der Waals surface area contributed by atoms with E-state index in [1.54, 1.807) is 24.3 Å². The zero-order valence-electron chi connectivity index (χ0n) is 24.4. The maximum absolute atomic E-state index is 14.2. The van der Waals surface area contributed by atoms with E-state index in [4.69, 9.17) is 0 Å². The molecule has 3 rings (SSSR count). The molecule has 2 amide bonds. The second-order valence-corrected chi connectivity index (χ2v) is 12.6. The van der Waals surface area contributed by atoms with Gasteiger partial charge in [-0.25, -0.2) is 12.8 Å². The minimum Gasteiger partial charge on any atom is -0.352 e. The number of carbonyl (C=O) groups excluding carboxylic acids is 2. The Balaban J connectivity index is 2.09. The van der Waals surface area contributed by atoms with Crippen molar-refractivity contribution in [3.8, 4) is 0 Å². The van der Waals surface area contributed by atoms with Crippen LogP contribution >= 0.6 is 0 Å². The fourth-order valence-corrected chi connectivity index (χ4v) is 5.45. The van der Waals surface area contributed by atoms with Gasteiger partial charge in [0.25, 0.3) is 0 Å². The van der Waals surface area contributed by atoms with Crippen molar-refractivity contribution in [2.75, 3.05) is 17.1 Å². The summed E-state index contributed by atoms with van der Waals surface area (Å²) in [6.45, 7) is 7.25. The van der Waals surface area contributed by atoms with Gasteiger partial charge in [0.1, 0.15) is 18.4 Å². The van der Waals surface area contributed by atoms with E-state index in [0.717, 1.165) is 21.7 Å². The summed E-state index contributed by atoms with van der Waals surface area (Å²) in [6.07, 6.45) is 1.99. The molecule has 0 saturated carbocycles. The highest BCUT2D eigenvalue weighted by Gasteiger charge is 2.34. The van der Waals surface area contributed by atoms with Gasteiger partial charge in [-0.15, -0.1) is 0 Å². The highest BCUT2D eigenvalue weighted by molar-refractivity contribution is 7.92. The smallest absolute Gasteiger partial charge is 0.244 e. The molecule has 0 bridgehead atoms. The van der Waals surface area contributed by atoms with E-state index in [1.807, 2.05) is 70.2 Å². The van der Waals surface area contributed by atoms with Crippen LogP contribution in [0.3, 0.4) is 0 Å². The second-order valence-electron chi connectivity index (χ2n) is 10.7. The lowest BCUT2D eigenvalue weighted by Gasteiger charge is -2.34. The fraction of sp³-hybridized carbons (Fsp3) is 0.375. The summed E-state index contributed by atoms with van der Waals surface area (Å²) in [6, 6.07) is 21.1. The summed E-state index contributed by atoms with van der Waals surface area (Å²) < 4.78 is 41.0. The molecular formula is C32H40FN3O4S. The van der Waals surface area contributed by atoms with Gasteiger partial charge in [-0.3, -0.25) is 13.9 Å². The van der Waals surface area contributed by atoms with Crippen LogP contribution < -0.4 is 9.62 Å². The molecule has 9 heteroatoms. The summed E-state index contributed by atoms with van der Waals surface area (Å²) in [7, 11) is -3.87. The fourth-order valence-electron chi connectivity index (χ4n) is 4.58. The minimum absolute atomic E-state index is 0.00598. The summed E-state index contributed by atoms with van der Waals surface area (Å²) >= 11 is 0. The number of carbonyl (C=O) groups is 2. The zero-order valence-corrected chi connectivity index (χ0v) is 25.2. The molecule has 0 fully saturated rings. The molecule has 0 unspecified atom stereocenters. The molecule has 2 atom stereocenters. The van der Waals surface area contributed by atoms with Crippen molar-refractivity contribution < 1.29 is 22.4 Å². The number of amides is 2. The molecule has 0 aromatic heterocycles. The monoisotopic (exact) mass is 581 g/mol. The van der Waals surface area contributed by atoms with E-state index < -0.39 is 34.3 Å². The topological polar surface area (TPSA) is 86.8 Å². The van der Waals surface area contributed by atoms with Gasteiger partial charge in [-0.1, -0.05) is 81.4 Å². The number of hydrogen-bond acceptors (Lipinski definition) is 4. The van der Waals surface area contributed by atoms with E-state index in [9.17, 15) is 22.4 Å². The highest BCUT2D eigenvalue weighted by atomic mass is 32.2. The Hall–Kier alpha value is -3.72. The summed E-state index contributed by atoms with van der Waals surface area (Å²) in [4.78, 5) is 29.3. The van der Waals surface area contributed by atoms with Gasteiger partial charge < -0.3 is 10.2 Å². The van der Waals surface area contributed by atoms with Crippen LogP contribution in [0.5, 0.6) is 0 Å². The maximum atomic E-state index is 14.2. The van der Waals surface area contributed by atoms with Crippen molar-refractivity contribution in [2.24, 2.45) is 0 Å². The molecule has 3 aromatic rings. The first-order valence-electron chi connectivity index (χ1n) is 13.9. The number of rotatable bonds is 13. The Morgan fingerprint density at radius 1 is 0.878 bits per heavy atom. The molecule has 7 nitrogen and oxygen atoms in total. The molecule has 0 heterocycles. The summed E-state index contributed by atoms with van der Waals surface area (Å²) in [5.74, 6) is -1.30. The van der Waals surface area contributed by atoms with Crippen LogP contribution in [0.4, 0.5) is 10.1 Å². The van der Waals surface area contributed by atoms with E-state index in [2.05, 4.69) is 5.32 Å². The molecule has 0 aliphatic heterocycles. The van der Waals surface area contributed by atoms with Crippen molar-refractivity contribution in [2.45, 2.75) is 65.1 Å². The van der Waals surface area contributed by atoms with Crippen molar-refractivity contribution in [3.63, 3.8) is 0 Å². The third-order valence-corrected chi connectivity index (χ3v) is 8.17. The molecule has 0 spiro atoms. The van der Waals surface area contributed by atoms with Crippen molar-refractivity contribution in [1.82, 2.24) is 10.2 Å². The Bertz CT molecular complexity index is 1410. The number of halogens is 1. The number of nitrogens with zero attached hydrogens (tertiary/aromatic N) is 2. The maximum Gasteiger partial charge on any atom is 0.244 e. The standard InChI is InChI=1S/C32H40FN3O4S/c1-6-24(4)34-32(38)30(20-25-12-8-7-9-13-25)35(21-26-16-18-27(33)19-17-26)31(37)22-36(41(5,39)40)29-15-11-10-14-28(29)23(2)3/h7-19,23-24,30H,6,20-22H2,1-5H3,(H,34,38)/t24-,30+/m1/s1. The minimum atomic E-state index is -3.87. The summed E-state index contributed by atoms with van der Waals surface area (Å²) in [5, 5.41) is 2.99. The van der Waals surface area contributed by atoms with Crippen molar-refractivity contribution in [3.05, 3.63) is 101 Å². The van der Waals surface area contributed by atoms with Gasteiger partial charge in [0.2, 0.25) is 21.8 Å². The largest absolute Gasteiger partial charge is 0.352 e. The Morgan fingerprint density at radius 2 is 1.49 bits per heavy atom. The highest BCUT2D eigenvalue weighted by Crippen LogP contribution is 2.29. The third-order valence-electron chi connectivity index (χ3n) is 7.04. The van der Waals surface area contributed by atoms with Crippen LogP contribution in [0.2, 0.25) is 0 Å². The first-order chi connectivity index (χ1) is 19.4. The molecular weight excluding hydrogens is 541 g/mol. The van der Waals surface area contributed by atoms with Crippen LogP contribution in [0.25, 0.3) is 0 Å². The molecule has 0 aliphatic carbocycles. The third kappa shape index (κ3) is 8.88. The van der Waals surface area contributed by atoms with Gasteiger partial charge in [0, 0.05) is 19.0 Å². The number of sulfonamides is 1. The zero-order chi connectivity index (χ0) is 30.2. The van der Waals surface area contributed by atoms with E-state index >= 15 is 0 Å². The van der Waals surface area contributed by atoms with Crippen LogP contribution in [0.15, 0.2) is 78.9 Å². The number of nitrogens with one attached hydrogen (secondary N) is 1. The number of para-hydroxylation sites is 1. The second kappa shape index (κ2) is 14.3. The Morgan fingerprint density at radius 3 is 2.07 bits per heavy atom. The lowest BCUT2D eigenvalue weighted by Crippen LogP contribution is -2.54. The first kappa shape index (κ1) is 31.8. The van der Waals surface area contributed by atoms with Gasteiger partial charge in [-0.2, -0.15) is 0 Å². The average molecular weight is 582 g/mol. The van der Waals surface area contributed by atoms with Crippen LogP contribution in [0.1, 0.15) is 56.7 Å². The van der Waals surface area contributed by atoms with Crippen molar-refractivity contribution in [1.29, 1.82) is 0 Å². The van der Waals surface area contributed by atoms with Crippen LogP contribution in [0, 0.1) is 5.82 Å². The number of anilines is 1. The lowest BCUT2D eigenvalue weighted by atomic mass is 10.0. The molecule has 220 valence electrons. The van der Waals surface area contributed by atoms with E-state index in [-0.39, 0.29) is 30.8 Å². The molecule has 3 aromatic carbocycles. The first-order valence-corrected chi connectivity index (χ1v) is 15.7. The lowest BCUT2D eigenvalue weighted by molar-refractivity contribution is -0.140. The van der Waals surface area contributed by atoms with E-state index in [1.165, 1.54) is 17.0 Å². The Kier molecular flexibility index (Phi) is 11.1. The van der Waals surface area contributed by atoms with Crippen LogP contribution in [-0.2, 0) is 32.6 Å². The van der Waals surface area contributed by atoms with Gasteiger partial charge >= 0.3 is 0 Å².